The Morgan fingerprint density at radius 2 is 2.25 bits per heavy atom. The normalized spacial score (nSPS) is 18.2. The van der Waals surface area contributed by atoms with Gasteiger partial charge in [0.2, 0.25) is 11.8 Å². The van der Waals surface area contributed by atoms with Crippen LogP contribution in [0.25, 0.3) is 11.0 Å². The highest BCUT2D eigenvalue weighted by atomic mass is 16.3. The summed E-state index contributed by atoms with van der Waals surface area (Å²) in [6, 6.07) is 9.42. The Hall–Kier alpha value is -2.30. The van der Waals surface area contributed by atoms with Crippen LogP contribution >= 0.6 is 0 Å². The fraction of sp³-hybridized carbons (Fsp3) is 0.333. The third-order valence-electron chi connectivity index (χ3n) is 3.46. The van der Waals surface area contributed by atoms with E-state index in [1.807, 2.05) is 30.3 Å². The molecule has 20 heavy (non-hydrogen) atoms. The average Bonchev–Trinajstić information content (AvgIpc) is 3.04. The van der Waals surface area contributed by atoms with Crippen molar-refractivity contribution in [1.29, 1.82) is 0 Å². The second kappa shape index (κ2) is 5.36. The second-order valence-electron chi connectivity index (χ2n) is 4.95. The van der Waals surface area contributed by atoms with Crippen molar-refractivity contribution in [1.82, 2.24) is 10.6 Å². The summed E-state index contributed by atoms with van der Waals surface area (Å²) in [5, 5.41) is 6.54. The first-order chi connectivity index (χ1) is 9.72. The van der Waals surface area contributed by atoms with Gasteiger partial charge in [0.15, 0.2) is 0 Å². The molecule has 5 heteroatoms. The highest BCUT2D eigenvalue weighted by Crippen LogP contribution is 2.18. The van der Waals surface area contributed by atoms with Crippen molar-refractivity contribution in [3.05, 3.63) is 36.1 Å². The number of amides is 2. The van der Waals surface area contributed by atoms with Crippen LogP contribution in [0, 0.1) is 0 Å². The maximum Gasteiger partial charge on any atom is 0.242 e. The topological polar surface area (TPSA) is 71.3 Å². The van der Waals surface area contributed by atoms with E-state index < -0.39 is 0 Å². The van der Waals surface area contributed by atoms with Crippen molar-refractivity contribution in [3.8, 4) is 0 Å². The van der Waals surface area contributed by atoms with Gasteiger partial charge < -0.3 is 15.1 Å². The molecule has 5 nitrogen and oxygen atoms in total. The van der Waals surface area contributed by atoms with E-state index in [4.69, 9.17) is 4.42 Å². The Bertz CT molecular complexity index is 614. The van der Waals surface area contributed by atoms with Crippen molar-refractivity contribution in [3.63, 3.8) is 0 Å². The molecule has 2 heterocycles. The van der Waals surface area contributed by atoms with Crippen molar-refractivity contribution >= 4 is 22.8 Å². The van der Waals surface area contributed by atoms with Crippen LogP contribution in [0.1, 0.15) is 18.6 Å². The molecular weight excluding hydrogens is 256 g/mol. The molecule has 1 unspecified atom stereocenters. The number of fused-ring (bicyclic) bond motifs is 1. The summed E-state index contributed by atoms with van der Waals surface area (Å²) in [5.41, 5.74) is 0.858. The maximum absolute atomic E-state index is 11.8. The summed E-state index contributed by atoms with van der Waals surface area (Å²) in [4.78, 5) is 22.8. The van der Waals surface area contributed by atoms with E-state index in [2.05, 4.69) is 10.6 Å². The number of para-hydroxylation sites is 1. The van der Waals surface area contributed by atoms with Gasteiger partial charge in [0.25, 0.3) is 0 Å². The number of rotatable bonds is 4. The zero-order valence-corrected chi connectivity index (χ0v) is 11.0. The monoisotopic (exact) mass is 272 g/mol. The zero-order chi connectivity index (χ0) is 13.9. The molecule has 1 aliphatic heterocycles. The second-order valence-corrected chi connectivity index (χ2v) is 4.95. The number of nitrogens with one attached hydrogen (secondary N) is 2. The number of carbonyl (C=O) groups is 2. The van der Waals surface area contributed by atoms with Crippen LogP contribution in [-0.2, 0) is 16.0 Å². The fourth-order valence-electron chi connectivity index (χ4n) is 2.40. The lowest BCUT2D eigenvalue weighted by Gasteiger charge is -2.09. The van der Waals surface area contributed by atoms with Gasteiger partial charge in [-0.25, -0.2) is 0 Å². The average molecular weight is 272 g/mol. The van der Waals surface area contributed by atoms with Crippen LogP contribution in [0.5, 0.6) is 0 Å². The Morgan fingerprint density at radius 3 is 3.00 bits per heavy atom. The number of hydrogen-bond acceptors (Lipinski definition) is 3. The number of furan rings is 1. The predicted octanol–water partition coefficient (Wildman–Crippen LogP) is 1.37. The van der Waals surface area contributed by atoms with Crippen LogP contribution in [0.15, 0.2) is 34.7 Å². The van der Waals surface area contributed by atoms with Gasteiger partial charge in [0.1, 0.15) is 17.4 Å². The molecule has 2 amide bonds. The van der Waals surface area contributed by atoms with Crippen LogP contribution in [0.4, 0.5) is 0 Å². The van der Waals surface area contributed by atoms with Gasteiger partial charge in [0, 0.05) is 24.8 Å². The van der Waals surface area contributed by atoms with Crippen LogP contribution in [-0.4, -0.2) is 24.4 Å². The molecule has 104 valence electrons. The molecule has 0 radical (unpaired) electrons. The Labute approximate surface area is 116 Å². The van der Waals surface area contributed by atoms with E-state index in [0.29, 0.717) is 25.8 Å². The van der Waals surface area contributed by atoms with E-state index >= 15 is 0 Å². The lowest BCUT2D eigenvalue weighted by atomic mass is 10.2. The molecule has 0 saturated carbocycles. The molecule has 1 fully saturated rings. The fourth-order valence-corrected chi connectivity index (χ4v) is 2.40. The Kier molecular flexibility index (Phi) is 3.41. The molecule has 0 bridgehead atoms. The van der Waals surface area contributed by atoms with Gasteiger partial charge >= 0.3 is 0 Å². The quantitative estimate of drug-likeness (QED) is 0.883. The predicted molar refractivity (Wildman–Crippen MR) is 74.1 cm³/mol. The van der Waals surface area contributed by atoms with Gasteiger partial charge in [-0.3, -0.25) is 9.59 Å². The largest absolute Gasteiger partial charge is 0.461 e. The molecular formula is C15H16N2O3. The van der Waals surface area contributed by atoms with Crippen LogP contribution < -0.4 is 10.6 Å². The smallest absolute Gasteiger partial charge is 0.242 e. The van der Waals surface area contributed by atoms with E-state index in [1.165, 1.54) is 0 Å². The van der Waals surface area contributed by atoms with Crippen LogP contribution in [0.2, 0.25) is 0 Å². The van der Waals surface area contributed by atoms with E-state index in [0.717, 1.165) is 16.7 Å². The summed E-state index contributed by atoms with van der Waals surface area (Å²) >= 11 is 0. The van der Waals surface area contributed by atoms with Crippen molar-refractivity contribution in [2.24, 2.45) is 0 Å². The minimum Gasteiger partial charge on any atom is -0.461 e. The van der Waals surface area contributed by atoms with Gasteiger partial charge in [-0.15, -0.1) is 0 Å². The molecule has 3 rings (SSSR count). The van der Waals surface area contributed by atoms with E-state index in [-0.39, 0.29) is 17.9 Å². The highest BCUT2D eigenvalue weighted by Gasteiger charge is 2.26. The first-order valence-corrected chi connectivity index (χ1v) is 6.77. The summed E-state index contributed by atoms with van der Waals surface area (Å²) in [6.45, 7) is 0.505. The van der Waals surface area contributed by atoms with E-state index in [9.17, 15) is 9.59 Å². The zero-order valence-electron chi connectivity index (χ0n) is 11.0. The number of benzene rings is 1. The first-order valence-electron chi connectivity index (χ1n) is 6.77. The highest BCUT2D eigenvalue weighted by molar-refractivity contribution is 5.90. The summed E-state index contributed by atoms with van der Waals surface area (Å²) in [6.07, 6.45) is 1.65. The van der Waals surface area contributed by atoms with Crippen molar-refractivity contribution in [2.45, 2.75) is 25.3 Å². The first kappa shape index (κ1) is 12.7. The van der Waals surface area contributed by atoms with E-state index in [1.54, 1.807) is 0 Å². The van der Waals surface area contributed by atoms with Crippen LogP contribution in [0.3, 0.4) is 0 Å². The number of hydrogen-bond donors (Lipinski definition) is 2. The van der Waals surface area contributed by atoms with Gasteiger partial charge in [0.05, 0.1) is 0 Å². The van der Waals surface area contributed by atoms with Crippen molar-refractivity contribution in [2.75, 3.05) is 6.54 Å². The summed E-state index contributed by atoms with van der Waals surface area (Å²) < 4.78 is 5.67. The minimum atomic E-state index is -0.377. The Morgan fingerprint density at radius 1 is 1.40 bits per heavy atom. The third kappa shape index (κ3) is 2.66. The third-order valence-corrected chi connectivity index (χ3v) is 3.46. The maximum atomic E-state index is 11.8. The number of carbonyl (C=O) groups excluding carboxylic acids is 2. The Balaban J connectivity index is 1.52. The lowest BCUT2D eigenvalue weighted by Crippen LogP contribution is -2.42. The molecule has 1 aliphatic rings. The molecule has 2 N–H and O–H groups in total. The molecule has 1 aromatic carbocycles. The lowest BCUT2D eigenvalue weighted by molar-refractivity contribution is -0.125. The molecule has 0 aliphatic carbocycles. The molecule has 1 atom stereocenters. The molecule has 2 aromatic rings. The van der Waals surface area contributed by atoms with Gasteiger partial charge in [-0.05, 0) is 18.6 Å². The summed E-state index contributed by atoms with van der Waals surface area (Å²) in [7, 11) is 0. The minimum absolute atomic E-state index is 0.0533. The van der Waals surface area contributed by atoms with Gasteiger partial charge in [-0.1, -0.05) is 18.2 Å². The molecule has 1 aromatic heterocycles. The van der Waals surface area contributed by atoms with Gasteiger partial charge in [-0.2, -0.15) is 0 Å². The SMILES string of the molecule is O=C1CCC(C(=O)NCCc2cc3ccccc3o2)N1. The standard InChI is InChI=1S/C15H16N2O3/c18-14-6-5-12(17-14)15(19)16-8-7-11-9-10-3-1-2-4-13(10)20-11/h1-4,9,12H,5-8H2,(H,16,19)(H,17,18). The summed E-state index contributed by atoms with van der Waals surface area (Å²) in [5.74, 6) is 0.677. The van der Waals surface area contributed by atoms with Crippen molar-refractivity contribution < 1.29 is 14.0 Å². The molecule has 1 saturated heterocycles. The molecule has 0 spiro atoms.